The Kier molecular flexibility index (Phi) is 7.92. The summed E-state index contributed by atoms with van der Waals surface area (Å²) in [4.78, 5) is 23.2. The molecule has 0 saturated heterocycles. The van der Waals surface area contributed by atoms with Crippen LogP contribution in [0.1, 0.15) is 32.6 Å². The predicted molar refractivity (Wildman–Crippen MR) is 95.5 cm³/mol. The van der Waals surface area contributed by atoms with E-state index in [4.69, 9.17) is 14.2 Å². The second-order valence-corrected chi connectivity index (χ2v) is 5.76. The van der Waals surface area contributed by atoms with Crippen LogP contribution >= 0.6 is 0 Å². The first-order valence-electron chi connectivity index (χ1n) is 8.62. The molecule has 0 bridgehead atoms. The van der Waals surface area contributed by atoms with Crippen LogP contribution in [0.2, 0.25) is 0 Å². The van der Waals surface area contributed by atoms with Crippen molar-refractivity contribution in [1.29, 1.82) is 0 Å². The molecule has 0 N–H and O–H groups in total. The van der Waals surface area contributed by atoms with Crippen LogP contribution < -0.4 is 4.74 Å². The summed E-state index contributed by atoms with van der Waals surface area (Å²) in [5, 5.41) is 2.06. The highest BCUT2D eigenvalue weighted by molar-refractivity contribution is 5.84. The van der Waals surface area contributed by atoms with E-state index in [1.165, 1.54) is 0 Å². The molecule has 5 nitrogen and oxygen atoms in total. The number of ether oxygens (including phenoxy) is 3. The predicted octanol–water partition coefficient (Wildman–Crippen LogP) is 3.89. The van der Waals surface area contributed by atoms with Crippen LogP contribution in [0.3, 0.4) is 0 Å². The molecule has 0 atom stereocenters. The SMILES string of the molecule is CCCCCCOC(=O)COCC(=O)Oc1ccc2ccccc2c1. The molecule has 0 aliphatic carbocycles. The summed E-state index contributed by atoms with van der Waals surface area (Å²) in [5.74, 6) is -0.563. The number of fused-ring (bicyclic) bond motifs is 1. The van der Waals surface area contributed by atoms with Crippen molar-refractivity contribution in [1.82, 2.24) is 0 Å². The number of hydrogen-bond acceptors (Lipinski definition) is 5. The zero-order valence-corrected chi connectivity index (χ0v) is 14.5. The van der Waals surface area contributed by atoms with Gasteiger partial charge in [0.05, 0.1) is 6.61 Å². The quantitative estimate of drug-likeness (QED) is 0.372. The van der Waals surface area contributed by atoms with Crippen molar-refractivity contribution in [3.8, 4) is 5.75 Å². The maximum absolute atomic E-state index is 11.8. The Morgan fingerprint density at radius 3 is 2.44 bits per heavy atom. The standard InChI is InChI=1S/C20H24O5/c1-2-3-4-7-12-24-19(21)14-23-15-20(22)25-18-11-10-16-8-5-6-9-17(16)13-18/h5-6,8-11,13H,2-4,7,12,14-15H2,1H3. The Morgan fingerprint density at radius 1 is 0.880 bits per heavy atom. The first kappa shape index (κ1) is 18.9. The zero-order valence-electron chi connectivity index (χ0n) is 14.5. The van der Waals surface area contributed by atoms with Gasteiger partial charge in [0.2, 0.25) is 0 Å². The summed E-state index contributed by atoms with van der Waals surface area (Å²) in [6.07, 6.45) is 4.16. The van der Waals surface area contributed by atoms with E-state index in [1.54, 1.807) is 12.1 Å². The van der Waals surface area contributed by atoms with Gasteiger partial charge in [-0.2, -0.15) is 0 Å². The largest absolute Gasteiger partial charge is 0.464 e. The minimum absolute atomic E-state index is 0.249. The molecule has 5 heteroatoms. The van der Waals surface area contributed by atoms with Gasteiger partial charge in [-0.05, 0) is 29.3 Å². The third-order valence-electron chi connectivity index (χ3n) is 3.65. The van der Waals surface area contributed by atoms with Crippen molar-refractivity contribution in [2.24, 2.45) is 0 Å². The Labute approximate surface area is 147 Å². The summed E-state index contributed by atoms with van der Waals surface area (Å²) in [5.41, 5.74) is 0. The lowest BCUT2D eigenvalue weighted by Crippen LogP contribution is -2.20. The van der Waals surface area contributed by atoms with Crippen LogP contribution in [0, 0.1) is 0 Å². The van der Waals surface area contributed by atoms with E-state index in [0.717, 1.165) is 36.5 Å². The number of carbonyl (C=O) groups is 2. The van der Waals surface area contributed by atoms with Gasteiger partial charge >= 0.3 is 11.9 Å². The molecule has 0 aromatic heterocycles. The van der Waals surface area contributed by atoms with Crippen LogP contribution in [-0.4, -0.2) is 31.8 Å². The molecule has 0 heterocycles. The number of carbonyl (C=O) groups excluding carboxylic acids is 2. The summed E-state index contributed by atoms with van der Waals surface area (Å²) >= 11 is 0. The molecule has 0 radical (unpaired) electrons. The van der Waals surface area contributed by atoms with E-state index in [-0.39, 0.29) is 13.2 Å². The molecule has 0 aliphatic heterocycles. The fourth-order valence-corrected chi connectivity index (χ4v) is 2.37. The fourth-order valence-electron chi connectivity index (χ4n) is 2.37. The molecular formula is C20H24O5. The van der Waals surface area contributed by atoms with Gasteiger partial charge in [-0.15, -0.1) is 0 Å². The number of benzene rings is 2. The second kappa shape index (κ2) is 10.5. The van der Waals surface area contributed by atoms with E-state index in [1.807, 2.05) is 30.3 Å². The lowest BCUT2D eigenvalue weighted by atomic mass is 10.1. The molecule has 0 unspecified atom stereocenters. The van der Waals surface area contributed by atoms with Crippen LogP contribution in [-0.2, 0) is 19.1 Å². The first-order chi connectivity index (χ1) is 12.2. The average Bonchev–Trinajstić information content (AvgIpc) is 2.61. The Hall–Kier alpha value is -2.40. The molecule has 2 rings (SSSR count). The minimum Gasteiger partial charge on any atom is -0.464 e. The molecular weight excluding hydrogens is 320 g/mol. The molecule has 2 aromatic carbocycles. The van der Waals surface area contributed by atoms with Crippen LogP contribution in [0.15, 0.2) is 42.5 Å². The van der Waals surface area contributed by atoms with Crippen LogP contribution in [0.5, 0.6) is 5.75 Å². The third-order valence-corrected chi connectivity index (χ3v) is 3.65. The van der Waals surface area contributed by atoms with Crippen molar-refractivity contribution >= 4 is 22.7 Å². The van der Waals surface area contributed by atoms with Crippen molar-refractivity contribution in [2.45, 2.75) is 32.6 Å². The Morgan fingerprint density at radius 2 is 1.64 bits per heavy atom. The van der Waals surface area contributed by atoms with Crippen molar-refractivity contribution in [3.05, 3.63) is 42.5 Å². The molecule has 0 amide bonds. The highest BCUT2D eigenvalue weighted by atomic mass is 16.6. The molecule has 0 saturated carbocycles. The molecule has 0 fully saturated rings. The van der Waals surface area contributed by atoms with Gasteiger partial charge in [0.1, 0.15) is 19.0 Å². The second-order valence-electron chi connectivity index (χ2n) is 5.76. The van der Waals surface area contributed by atoms with Gasteiger partial charge in [0.15, 0.2) is 0 Å². The summed E-state index contributed by atoms with van der Waals surface area (Å²) in [6.45, 7) is 1.97. The first-order valence-corrected chi connectivity index (χ1v) is 8.62. The lowest BCUT2D eigenvalue weighted by molar-refractivity contribution is -0.152. The molecule has 2 aromatic rings. The van der Waals surface area contributed by atoms with Crippen LogP contribution in [0.4, 0.5) is 0 Å². The van der Waals surface area contributed by atoms with Crippen molar-refractivity contribution in [2.75, 3.05) is 19.8 Å². The highest BCUT2D eigenvalue weighted by Crippen LogP contribution is 2.20. The van der Waals surface area contributed by atoms with E-state index in [0.29, 0.717) is 12.4 Å². The van der Waals surface area contributed by atoms with E-state index in [9.17, 15) is 9.59 Å². The summed E-state index contributed by atoms with van der Waals surface area (Å²) in [7, 11) is 0. The summed E-state index contributed by atoms with van der Waals surface area (Å²) in [6, 6.07) is 13.2. The average molecular weight is 344 g/mol. The van der Waals surface area contributed by atoms with Gasteiger partial charge in [-0.3, -0.25) is 0 Å². The molecule has 0 spiro atoms. The third kappa shape index (κ3) is 6.93. The number of unbranched alkanes of at least 4 members (excludes halogenated alkanes) is 3. The van der Waals surface area contributed by atoms with E-state index >= 15 is 0 Å². The highest BCUT2D eigenvalue weighted by Gasteiger charge is 2.09. The molecule has 0 aliphatic rings. The van der Waals surface area contributed by atoms with Gasteiger partial charge < -0.3 is 14.2 Å². The zero-order chi connectivity index (χ0) is 17.9. The monoisotopic (exact) mass is 344 g/mol. The number of hydrogen-bond donors (Lipinski definition) is 0. The molecule has 25 heavy (non-hydrogen) atoms. The number of rotatable bonds is 10. The maximum Gasteiger partial charge on any atom is 0.337 e. The normalized spacial score (nSPS) is 10.6. The van der Waals surface area contributed by atoms with Crippen LogP contribution in [0.25, 0.3) is 10.8 Å². The van der Waals surface area contributed by atoms with Gasteiger partial charge in [0.25, 0.3) is 0 Å². The smallest absolute Gasteiger partial charge is 0.337 e. The van der Waals surface area contributed by atoms with Gasteiger partial charge in [-0.1, -0.05) is 56.5 Å². The summed E-state index contributed by atoms with van der Waals surface area (Å²) < 4.78 is 15.3. The fraction of sp³-hybridized carbons (Fsp3) is 0.400. The Balaban J connectivity index is 1.65. The van der Waals surface area contributed by atoms with Gasteiger partial charge in [0, 0.05) is 0 Å². The Bertz CT molecular complexity index is 695. The van der Waals surface area contributed by atoms with Crippen molar-refractivity contribution < 1.29 is 23.8 Å². The van der Waals surface area contributed by atoms with E-state index < -0.39 is 11.9 Å². The number of esters is 2. The van der Waals surface area contributed by atoms with Gasteiger partial charge in [-0.25, -0.2) is 9.59 Å². The van der Waals surface area contributed by atoms with E-state index in [2.05, 4.69) is 6.92 Å². The van der Waals surface area contributed by atoms with Crippen molar-refractivity contribution in [3.63, 3.8) is 0 Å². The maximum atomic E-state index is 11.8. The lowest BCUT2D eigenvalue weighted by Gasteiger charge is -2.07. The minimum atomic E-state index is -0.550. The molecule has 134 valence electrons. The topological polar surface area (TPSA) is 61.8 Å².